The summed E-state index contributed by atoms with van der Waals surface area (Å²) in [6, 6.07) is 17.2. The Morgan fingerprint density at radius 3 is 2.72 bits per heavy atom. The van der Waals surface area contributed by atoms with Crippen molar-refractivity contribution in [1.29, 1.82) is 0 Å². The van der Waals surface area contributed by atoms with Crippen LogP contribution in [0.1, 0.15) is 52.5 Å². The summed E-state index contributed by atoms with van der Waals surface area (Å²) in [5, 5.41) is 8.88. The summed E-state index contributed by atoms with van der Waals surface area (Å²) in [4.78, 5) is 23.1. The van der Waals surface area contributed by atoms with Crippen LogP contribution in [0.15, 0.2) is 60.8 Å². The Labute approximate surface area is 257 Å². The number of carbonyl (C=O) groups is 1. The Morgan fingerprint density at radius 1 is 1.12 bits per heavy atom. The third-order valence-corrected chi connectivity index (χ3v) is 8.94. The smallest absolute Gasteiger partial charge is 0.256 e. The van der Waals surface area contributed by atoms with Crippen molar-refractivity contribution in [2.45, 2.75) is 44.7 Å². The lowest BCUT2D eigenvalue weighted by atomic mass is 9.98. The van der Waals surface area contributed by atoms with Gasteiger partial charge in [0.2, 0.25) is 10.0 Å². The number of sulfonamides is 1. The van der Waals surface area contributed by atoms with E-state index in [4.69, 9.17) is 21.7 Å². The second-order valence-electron chi connectivity index (χ2n) is 11.5. The first-order valence-electron chi connectivity index (χ1n) is 14.6. The van der Waals surface area contributed by atoms with Crippen LogP contribution in [-0.2, 0) is 16.4 Å². The first kappa shape index (κ1) is 29.4. The molecule has 2 N–H and O–H groups in total. The second-order valence-corrected chi connectivity index (χ2v) is 13.7. The van der Waals surface area contributed by atoms with Gasteiger partial charge in [-0.25, -0.2) is 17.9 Å². The molecule has 10 nitrogen and oxygen atoms in total. The molecule has 2 aliphatic rings. The Morgan fingerprint density at radius 2 is 1.93 bits per heavy atom. The van der Waals surface area contributed by atoms with E-state index in [0.717, 1.165) is 74.3 Å². The first-order valence-corrected chi connectivity index (χ1v) is 16.9. The largest absolute Gasteiger partial charge is 0.353 e. The van der Waals surface area contributed by atoms with Crippen LogP contribution in [0.25, 0.3) is 5.65 Å². The third-order valence-electron chi connectivity index (χ3n) is 8.12. The number of aromatic nitrogens is 3. The van der Waals surface area contributed by atoms with E-state index >= 15 is 0 Å². The molecule has 2 unspecified atom stereocenters. The first-order chi connectivity index (χ1) is 20.6. The molecule has 2 aromatic heterocycles. The third kappa shape index (κ3) is 6.63. The molecule has 2 saturated heterocycles. The van der Waals surface area contributed by atoms with Crippen molar-refractivity contribution in [2.24, 2.45) is 0 Å². The number of nitrogens with zero attached hydrogens (tertiary/aromatic N) is 5. The van der Waals surface area contributed by atoms with Crippen LogP contribution in [0.4, 0.5) is 11.5 Å². The predicted octanol–water partition coefficient (Wildman–Crippen LogP) is 4.45. The van der Waals surface area contributed by atoms with E-state index in [1.54, 1.807) is 15.5 Å². The zero-order chi connectivity index (χ0) is 30.1. The Balaban J connectivity index is 1.26. The molecule has 0 radical (unpaired) electrons. The van der Waals surface area contributed by atoms with Gasteiger partial charge in [-0.3, -0.25) is 9.52 Å². The maximum atomic E-state index is 13.9. The van der Waals surface area contributed by atoms with Gasteiger partial charge in [-0.05, 0) is 56.4 Å². The highest BCUT2D eigenvalue weighted by Crippen LogP contribution is 2.34. The number of piperidine rings is 1. The summed E-state index contributed by atoms with van der Waals surface area (Å²) >= 11 is 6.24. The predicted molar refractivity (Wildman–Crippen MR) is 169 cm³/mol. The van der Waals surface area contributed by atoms with Crippen LogP contribution in [-0.4, -0.2) is 72.3 Å². The SMILES string of the molecule is Cc1cn2nc(C3CCCCN3C(=O)c3cc(Cl)ccc3NS(C)(=O)=O)cc2nc1N1CCNC(Cc2ccccc2)C1. The fraction of sp³-hybridized carbons (Fsp3) is 0.387. The van der Waals surface area contributed by atoms with Crippen LogP contribution in [0.5, 0.6) is 0 Å². The molecule has 2 atom stereocenters. The van der Waals surface area contributed by atoms with Crippen molar-refractivity contribution in [2.75, 3.05) is 42.1 Å². The lowest BCUT2D eigenvalue weighted by Gasteiger charge is -2.35. The van der Waals surface area contributed by atoms with Gasteiger partial charge in [-0.2, -0.15) is 5.10 Å². The second kappa shape index (κ2) is 12.1. The Kier molecular flexibility index (Phi) is 8.30. The van der Waals surface area contributed by atoms with Crippen LogP contribution >= 0.6 is 11.6 Å². The Hall–Kier alpha value is -3.67. The number of rotatable bonds is 7. The zero-order valence-electron chi connectivity index (χ0n) is 24.3. The van der Waals surface area contributed by atoms with Gasteiger partial charge in [-0.1, -0.05) is 41.9 Å². The van der Waals surface area contributed by atoms with E-state index in [1.165, 1.54) is 17.7 Å². The van der Waals surface area contributed by atoms with Crippen LogP contribution in [0.3, 0.4) is 0 Å². The lowest BCUT2D eigenvalue weighted by Crippen LogP contribution is -2.52. The van der Waals surface area contributed by atoms with Gasteiger partial charge in [-0.15, -0.1) is 0 Å². The van der Waals surface area contributed by atoms with E-state index in [-0.39, 0.29) is 23.2 Å². The summed E-state index contributed by atoms with van der Waals surface area (Å²) in [5.74, 6) is 0.663. The number of likely N-dealkylation sites (tertiary alicyclic amines) is 1. The molecule has 0 aliphatic carbocycles. The molecular weight excluding hydrogens is 586 g/mol. The standard InChI is InChI=1S/C31H36ClN7O3S/c1-21-19-39-29(34-30(21)37-15-13-33-24(20-37)16-22-8-4-3-5-9-22)18-27(35-39)28-10-6-7-14-38(28)31(40)25-17-23(32)11-12-26(25)36-43(2,41)42/h3-5,8-9,11-12,17-19,24,28,33,36H,6-7,10,13-16,20H2,1-2H3. The molecule has 0 bridgehead atoms. The molecule has 12 heteroatoms. The highest BCUT2D eigenvalue weighted by atomic mass is 35.5. The average Bonchev–Trinajstić information content (AvgIpc) is 3.40. The summed E-state index contributed by atoms with van der Waals surface area (Å²) in [6.07, 6.45) is 6.57. The summed E-state index contributed by atoms with van der Waals surface area (Å²) in [7, 11) is -3.59. The van der Waals surface area contributed by atoms with Crippen LogP contribution < -0.4 is 14.9 Å². The van der Waals surface area contributed by atoms with Crippen molar-refractivity contribution in [3.8, 4) is 0 Å². The molecular formula is C31H36ClN7O3S. The topological polar surface area (TPSA) is 112 Å². The number of benzene rings is 2. The molecule has 43 heavy (non-hydrogen) atoms. The van der Waals surface area contributed by atoms with Gasteiger partial charge in [0.1, 0.15) is 5.82 Å². The number of carbonyl (C=O) groups excluding carboxylic acids is 1. The number of piperazine rings is 1. The van der Waals surface area contributed by atoms with Crippen LogP contribution in [0, 0.1) is 6.92 Å². The van der Waals surface area contributed by atoms with Crippen molar-refractivity contribution in [3.63, 3.8) is 0 Å². The van der Waals surface area contributed by atoms with Gasteiger partial charge in [0.25, 0.3) is 5.91 Å². The zero-order valence-corrected chi connectivity index (χ0v) is 25.9. The minimum Gasteiger partial charge on any atom is -0.353 e. The minimum atomic E-state index is -3.59. The number of amides is 1. The van der Waals surface area contributed by atoms with Crippen LogP contribution in [0.2, 0.25) is 5.02 Å². The van der Waals surface area contributed by atoms with E-state index in [1.807, 2.05) is 18.3 Å². The maximum absolute atomic E-state index is 13.9. The number of anilines is 2. The fourth-order valence-electron chi connectivity index (χ4n) is 6.17. The molecule has 226 valence electrons. The molecule has 6 rings (SSSR count). The lowest BCUT2D eigenvalue weighted by molar-refractivity contribution is 0.0607. The van der Waals surface area contributed by atoms with Gasteiger partial charge >= 0.3 is 0 Å². The number of nitrogens with one attached hydrogen (secondary N) is 2. The van der Waals surface area contributed by atoms with Gasteiger partial charge in [0.15, 0.2) is 5.65 Å². The Bertz CT molecular complexity index is 1750. The molecule has 1 amide bonds. The number of fused-ring (bicyclic) bond motifs is 1. The minimum absolute atomic E-state index is 0.208. The van der Waals surface area contributed by atoms with Crippen molar-refractivity contribution in [1.82, 2.24) is 24.8 Å². The number of hydrogen-bond donors (Lipinski definition) is 2. The molecule has 0 spiro atoms. The maximum Gasteiger partial charge on any atom is 0.256 e. The van der Waals surface area contributed by atoms with Gasteiger partial charge in [0.05, 0.1) is 29.2 Å². The van der Waals surface area contributed by atoms with Crippen molar-refractivity contribution >= 4 is 44.7 Å². The van der Waals surface area contributed by atoms with E-state index in [9.17, 15) is 13.2 Å². The quantitative estimate of drug-likeness (QED) is 0.314. The highest BCUT2D eigenvalue weighted by Gasteiger charge is 2.32. The number of aryl methyl sites for hydroxylation is 1. The fourth-order valence-corrected chi connectivity index (χ4v) is 6.92. The molecule has 4 heterocycles. The van der Waals surface area contributed by atoms with Gasteiger partial charge < -0.3 is 15.1 Å². The normalized spacial score (nSPS) is 19.5. The molecule has 2 aromatic carbocycles. The average molecular weight is 622 g/mol. The summed E-state index contributed by atoms with van der Waals surface area (Å²) in [5.41, 5.74) is 4.27. The number of halogens is 1. The van der Waals surface area contributed by atoms with E-state index in [2.05, 4.69) is 46.1 Å². The molecule has 0 saturated carbocycles. The monoisotopic (exact) mass is 621 g/mol. The molecule has 2 aliphatic heterocycles. The van der Waals surface area contributed by atoms with E-state index in [0.29, 0.717) is 17.6 Å². The van der Waals surface area contributed by atoms with Gasteiger partial charge in [0, 0.05) is 55.1 Å². The highest BCUT2D eigenvalue weighted by molar-refractivity contribution is 7.92. The molecule has 2 fully saturated rings. The number of hydrogen-bond acceptors (Lipinski definition) is 7. The van der Waals surface area contributed by atoms with Crippen molar-refractivity contribution in [3.05, 3.63) is 88.2 Å². The van der Waals surface area contributed by atoms with E-state index < -0.39 is 10.0 Å². The summed E-state index contributed by atoms with van der Waals surface area (Å²) in [6.45, 7) is 5.19. The molecule has 4 aromatic rings. The van der Waals surface area contributed by atoms with Crippen molar-refractivity contribution < 1.29 is 13.2 Å². The summed E-state index contributed by atoms with van der Waals surface area (Å²) < 4.78 is 28.2.